The summed E-state index contributed by atoms with van der Waals surface area (Å²) in [5.41, 5.74) is 8.21. The van der Waals surface area contributed by atoms with Gasteiger partial charge in [0.2, 0.25) is 0 Å². The molecule has 0 saturated carbocycles. The molecule has 0 radical (unpaired) electrons. The van der Waals surface area contributed by atoms with E-state index in [-0.39, 0.29) is 0 Å². The molecule has 3 heteroatoms. The molecule has 0 N–H and O–H groups in total. The van der Waals surface area contributed by atoms with Crippen LogP contribution in [0.2, 0.25) is 0 Å². The molecule has 0 heterocycles. The first-order valence-electron chi connectivity index (χ1n) is 7.89. The van der Waals surface area contributed by atoms with Gasteiger partial charge in [0.25, 0.3) is 0 Å². The lowest BCUT2D eigenvalue weighted by Crippen LogP contribution is -2.03. The average molecular weight is 308 g/mol. The molecular formula is C20H20O3. The Labute approximate surface area is 136 Å². The summed E-state index contributed by atoms with van der Waals surface area (Å²) in [6.45, 7) is 0. The second-order valence-corrected chi connectivity index (χ2v) is 6.04. The third kappa shape index (κ3) is 2.11. The maximum atomic E-state index is 5.50. The van der Waals surface area contributed by atoms with Gasteiger partial charge in [-0.3, -0.25) is 0 Å². The summed E-state index contributed by atoms with van der Waals surface area (Å²) in [6, 6.07) is 10.6. The number of benzene rings is 2. The van der Waals surface area contributed by atoms with Crippen LogP contribution in [0.5, 0.6) is 17.2 Å². The number of methoxy groups -OCH3 is 3. The van der Waals surface area contributed by atoms with E-state index in [1.54, 1.807) is 21.3 Å². The molecule has 0 unspecified atom stereocenters. The molecule has 2 aromatic rings. The number of hydrogen-bond acceptors (Lipinski definition) is 3. The Morgan fingerprint density at radius 2 is 1.52 bits per heavy atom. The van der Waals surface area contributed by atoms with E-state index in [0.29, 0.717) is 0 Å². The Morgan fingerprint density at radius 1 is 0.739 bits per heavy atom. The highest BCUT2D eigenvalue weighted by Gasteiger charge is 2.29. The molecule has 0 spiro atoms. The molecular weight excluding hydrogens is 288 g/mol. The van der Waals surface area contributed by atoms with Crippen molar-refractivity contribution in [3.63, 3.8) is 0 Å². The van der Waals surface area contributed by atoms with Crippen LogP contribution >= 0.6 is 0 Å². The molecule has 118 valence electrons. The van der Waals surface area contributed by atoms with Crippen molar-refractivity contribution >= 4 is 5.57 Å². The monoisotopic (exact) mass is 308 g/mol. The maximum absolute atomic E-state index is 5.50. The van der Waals surface area contributed by atoms with E-state index in [0.717, 1.165) is 36.5 Å². The van der Waals surface area contributed by atoms with Crippen LogP contribution in [0.25, 0.3) is 5.57 Å². The van der Waals surface area contributed by atoms with E-state index >= 15 is 0 Å². The molecule has 0 bridgehead atoms. The minimum absolute atomic E-state index is 0.792. The predicted octanol–water partition coefficient (Wildman–Crippen LogP) is 4.02. The maximum Gasteiger partial charge on any atom is 0.161 e. The van der Waals surface area contributed by atoms with Gasteiger partial charge in [-0.25, -0.2) is 0 Å². The summed E-state index contributed by atoms with van der Waals surface area (Å²) < 4.78 is 16.3. The predicted molar refractivity (Wildman–Crippen MR) is 90.6 cm³/mol. The minimum Gasteiger partial charge on any atom is -0.497 e. The van der Waals surface area contributed by atoms with Crippen LogP contribution in [0.15, 0.2) is 35.9 Å². The Kier molecular flexibility index (Phi) is 3.29. The Morgan fingerprint density at radius 3 is 2.26 bits per heavy atom. The molecule has 0 saturated heterocycles. The second-order valence-electron chi connectivity index (χ2n) is 6.04. The highest BCUT2D eigenvalue weighted by molar-refractivity contribution is 5.90. The van der Waals surface area contributed by atoms with Crippen LogP contribution in [-0.4, -0.2) is 21.3 Å². The molecule has 0 amide bonds. The lowest BCUT2D eigenvalue weighted by molar-refractivity contribution is 0.354. The molecule has 0 aromatic heterocycles. The lowest BCUT2D eigenvalue weighted by atomic mass is 9.85. The summed E-state index contributed by atoms with van der Waals surface area (Å²) in [6.07, 6.45) is 3.19. The van der Waals surface area contributed by atoms with Crippen LogP contribution in [-0.2, 0) is 12.8 Å². The minimum atomic E-state index is 0.792. The summed E-state index contributed by atoms with van der Waals surface area (Å²) in [5, 5.41) is 0. The quantitative estimate of drug-likeness (QED) is 0.857. The summed E-state index contributed by atoms with van der Waals surface area (Å²) in [7, 11) is 5.10. The third-order valence-corrected chi connectivity index (χ3v) is 4.91. The normalized spacial score (nSPS) is 14.9. The number of aryl methyl sites for hydroxylation is 1. The largest absolute Gasteiger partial charge is 0.497 e. The van der Waals surface area contributed by atoms with E-state index < -0.39 is 0 Å². The van der Waals surface area contributed by atoms with Crippen LogP contribution in [0.3, 0.4) is 0 Å². The van der Waals surface area contributed by atoms with Gasteiger partial charge < -0.3 is 14.2 Å². The van der Waals surface area contributed by atoms with Gasteiger partial charge in [0.15, 0.2) is 11.5 Å². The highest BCUT2D eigenvalue weighted by atomic mass is 16.5. The molecule has 0 fully saturated rings. The highest BCUT2D eigenvalue weighted by Crippen LogP contribution is 2.47. The van der Waals surface area contributed by atoms with Gasteiger partial charge in [0.05, 0.1) is 21.3 Å². The van der Waals surface area contributed by atoms with Crippen LogP contribution in [0, 0.1) is 0 Å². The average Bonchev–Trinajstić information content (AvgIpc) is 2.97. The zero-order valence-corrected chi connectivity index (χ0v) is 13.7. The van der Waals surface area contributed by atoms with Gasteiger partial charge in [-0.1, -0.05) is 11.6 Å². The van der Waals surface area contributed by atoms with Gasteiger partial charge in [0.1, 0.15) is 5.75 Å². The lowest BCUT2D eigenvalue weighted by Gasteiger charge is -2.20. The summed E-state index contributed by atoms with van der Waals surface area (Å²) in [5.74, 6) is 2.53. The fourth-order valence-corrected chi connectivity index (χ4v) is 3.79. The van der Waals surface area contributed by atoms with Gasteiger partial charge in [-0.2, -0.15) is 0 Å². The molecule has 23 heavy (non-hydrogen) atoms. The van der Waals surface area contributed by atoms with Crippen molar-refractivity contribution in [2.75, 3.05) is 21.3 Å². The number of allylic oxidation sites excluding steroid dienone is 1. The fourth-order valence-electron chi connectivity index (χ4n) is 3.79. The Hall–Kier alpha value is -2.42. The van der Waals surface area contributed by atoms with Gasteiger partial charge in [-0.05, 0) is 71.4 Å². The van der Waals surface area contributed by atoms with E-state index in [2.05, 4.69) is 24.3 Å². The number of rotatable bonds is 3. The molecule has 0 atom stereocenters. The summed E-state index contributed by atoms with van der Waals surface area (Å²) in [4.78, 5) is 0. The van der Waals surface area contributed by atoms with Gasteiger partial charge in [-0.15, -0.1) is 0 Å². The first kappa shape index (κ1) is 14.2. The van der Waals surface area contributed by atoms with E-state index in [1.807, 2.05) is 6.07 Å². The van der Waals surface area contributed by atoms with Gasteiger partial charge in [0, 0.05) is 0 Å². The van der Waals surface area contributed by atoms with E-state index in [1.165, 1.54) is 33.4 Å². The zero-order chi connectivity index (χ0) is 16.0. The topological polar surface area (TPSA) is 27.7 Å². The van der Waals surface area contributed by atoms with Crippen molar-refractivity contribution in [2.45, 2.75) is 19.3 Å². The standard InChI is InChI=1S/C20H20O3/c1-21-15-6-7-16-12(9-15)4-5-13-8-14-10-18(22-2)19(23-3)11-17(14)20(13)16/h6-7,9-11H,4-5,8H2,1-3H3. The zero-order valence-electron chi connectivity index (χ0n) is 13.7. The molecule has 2 aromatic carbocycles. The molecule has 4 rings (SSSR count). The smallest absolute Gasteiger partial charge is 0.161 e. The van der Waals surface area contributed by atoms with Gasteiger partial charge >= 0.3 is 0 Å². The van der Waals surface area contributed by atoms with Crippen molar-refractivity contribution in [2.24, 2.45) is 0 Å². The number of fused-ring (bicyclic) bond motifs is 4. The first-order chi connectivity index (χ1) is 11.2. The number of hydrogen-bond donors (Lipinski definition) is 0. The van der Waals surface area contributed by atoms with Crippen molar-refractivity contribution in [3.05, 3.63) is 58.2 Å². The van der Waals surface area contributed by atoms with Crippen molar-refractivity contribution in [1.82, 2.24) is 0 Å². The van der Waals surface area contributed by atoms with Crippen LogP contribution in [0.4, 0.5) is 0 Å². The molecule has 2 aliphatic carbocycles. The first-order valence-corrected chi connectivity index (χ1v) is 7.89. The third-order valence-electron chi connectivity index (χ3n) is 4.91. The fraction of sp³-hybridized carbons (Fsp3) is 0.300. The second kappa shape index (κ2) is 5.34. The van der Waals surface area contributed by atoms with Crippen LogP contribution < -0.4 is 14.2 Å². The SMILES string of the molecule is COc1ccc2c(c1)CCC1=C2c2cc(OC)c(OC)cc2C1. The van der Waals surface area contributed by atoms with E-state index in [9.17, 15) is 0 Å². The number of ether oxygens (including phenoxy) is 3. The summed E-state index contributed by atoms with van der Waals surface area (Å²) >= 11 is 0. The van der Waals surface area contributed by atoms with Crippen molar-refractivity contribution in [1.29, 1.82) is 0 Å². The molecule has 3 nitrogen and oxygen atoms in total. The van der Waals surface area contributed by atoms with E-state index in [4.69, 9.17) is 14.2 Å². The van der Waals surface area contributed by atoms with Crippen molar-refractivity contribution < 1.29 is 14.2 Å². The Balaban J connectivity index is 1.87. The van der Waals surface area contributed by atoms with Crippen LogP contribution in [0.1, 0.15) is 28.7 Å². The molecule has 0 aliphatic heterocycles. The van der Waals surface area contributed by atoms with Crippen molar-refractivity contribution in [3.8, 4) is 17.2 Å². The Bertz CT molecular complexity index is 818. The molecule has 2 aliphatic rings.